The van der Waals surface area contributed by atoms with E-state index in [1.807, 2.05) is 0 Å². The van der Waals surface area contributed by atoms with E-state index in [4.69, 9.17) is 9.47 Å². The summed E-state index contributed by atoms with van der Waals surface area (Å²) in [6, 6.07) is 0. The number of rotatable bonds is 29. The van der Waals surface area contributed by atoms with Crippen molar-refractivity contribution >= 4 is 11.9 Å². The highest BCUT2D eigenvalue weighted by molar-refractivity contribution is 5.70. The highest BCUT2D eigenvalue weighted by atomic mass is 16.6. The van der Waals surface area contributed by atoms with Gasteiger partial charge in [0, 0.05) is 12.8 Å². The van der Waals surface area contributed by atoms with E-state index in [1.165, 1.54) is 0 Å². The molecule has 46 heavy (non-hydrogen) atoms. The molecule has 0 heterocycles. The van der Waals surface area contributed by atoms with Crippen LogP contribution in [0, 0.1) is 0 Å². The summed E-state index contributed by atoms with van der Waals surface area (Å²) in [6.45, 7) is 3.78. The first-order chi connectivity index (χ1) is 22.6. The lowest BCUT2D eigenvalue weighted by atomic mass is 10.2. The summed E-state index contributed by atoms with van der Waals surface area (Å²) in [4.78, 5) is 24.1. The molecule has 0 bridgehead atoms. The molecule has 0 aliphatic heterocycles. The van der Waals surface area contributed by atoms with Gasteiger partial charge in [0.05, 0.1) is 6.61 Å². The standard InChI is InChI=1S/C41H62O5/c1-3-5-7-9-11-13-15-17-19-20-22-23-25-27-29-31-33-35-40(43)45-38-39(37-42)46-41(44)36-34-32-30-28-26-24-21-18-16-14-12-10-8-6-4-2/h5-8,11-14,17-19,21-23,26-29,39,42H,3-4,9-10,15-16,20,24-25,30-38H2,1-2H3/b7-5-,8-6-,13-11-,14-12-,19-17-,21-18-,23-22-,28-26-,29-27-/t39-/m0/s1. The van der Waals surface area contributed by atoms with Crippen molar-refractivity contribution in [1.29, 1.82) is 0 Å². The van der Waals surface area contributed by atoms with Gasteiger partial charge in [-0.05, 0) is 89.9 Å². The molecule has 0 saturated carbocycles. The van der Waals surface area contributed by atoms with Crippen LogP contribution in [0.4, 0.5) is 0 Å². The van der Waals surface area contributed by atoms with Crippen LogP contribution in [0.5, 0.6) is 0 Å². The fraction of sp³-hybridized carbons (Fsp3) is 0.512. The second-order valence-corrected chi connectivity index (χ2v) is 10.8. The van der Waals surface area contributed by atoms with Crippen LogP contribution in [0.15, 0.2) is 109 Å². The summed E-state index contributed by atoms with van der Waals surface area (Å²) < 4.78 is 10.5. The molecule has 0 radical (unpaired) electrons. The molecule has 0 aromatic rings. The van der Waals surface area contributed by atoms with Gasteiger partial charge in [0.15, 0.2) is 6.10 Å². The van der Waals surface area contributed by atoms with Gasteiger partial charge in [-0.25, -0.2) is 0 Å². The third-order valence-corrected chi connectivity index (χ3v) is 6.56. The van der Waals surface area contributed by atoms with Gasteiger partial charge in [0.1, 0.15) is 6.61 Å². The van der Waals surface area contributed by atoms with Crippen molar-refractivity contribution in [3.8, 4) is 0 Å². The molecule has 0 aliphatic rings. The number of aliphatic hydroxyl groups excluding tert-OH is 1. The Balaban J connectivity index is 3.81. The number of esters is 2. The summed E-state index contributed by atoms with van der Waals surface area (Å²) >= 11 is 0. The highest BCUT2D eigenvalue weighted by Crippen LogP contribution is 2.07. The third-order valence-electron chi connectivity index (χ3n) is 6.56. The first-order valence-corrected chi connectivity index (χ1v) is 17.4. The maximum absolute atomic E-state index is 12.1. The maximum Gasteiger partial charge on any atom is 0.306 e. The normalized spacial score (nSPS) is 13.5. The van der Waals surface area contributed by atoms with E-state index >= 15 is 0 Å². The predicted molar refractivity (Wildman–Crippen MR) is 195 cm³/mol. The first-order valence-electron chi connectivity index (χ1n) is 17.4. The Morgan fingerprint density at radius 3 is 1.28 bits per heavy atom. The molecule has 0 unspecified atom stereocenters. The fourth-order valence-electron chi connectivity index (χ4n) is 3.99. The SMILES string of the molecule is CC/C=C\C/C=C\C/C=C\C/C=C\C/C=C\CCCC(=O)OC[C@H](CO)OC(=O)CCCC/C=C\C/C=C\C/C=C\C/C=C\CC. The average molecular weight is 635 g/mol. The monoisotopic (exact) mass is 634 g/mol. The second-order valence-electron chi connectivity index (χ2n) is 10.8. The molecular weight excluding hydrogens is 572 g/mol. The molecule has 0 fully saturated rings. The van der Waals surface area contributed by atoms with Crippen LogP contribution in [0.2, 0.25) is 0 Å². The van der Waals surface area contributed by atoms with Gasteiger partial charge in [-0.3, -0.25) is 9.59 Å². The minimum Gasteiger partial charge on any atom is -0.462 e. The fourth-order valence-corrected chi connectivity index (χ4v) is 3.99. The van der Waals surface area contributed by atoms with E-state index in [-0.39, 0.29) is 38.0 Å². The average Bonchev–Trinajstić information content (AvgIpc) is 3.06. The summed E-state index contributed by atoms with van der Waals surface area (Å²) in [5.74, 6) is -0.724. The zero-order valence-corrected chi connectivity index (χ0v) is 28.8. The lowest BCUT2D eigenvalue weighted by Crippen LogP contribution is -2.28. The Labute approximate surface area is 280 Å². The van der Waals surface area contributed by atoms with Gasteiger partial charge in [0.25, 0.3) is 0 Å². The van der Waals surface area contributed by atoms with Gasteiger partial charge in [-0.2, -0.15) is 0 Å². The van der Waals surface area contributed by atoms with Crippen molar-refractivity contribution in [3.05, 3.63) is 109 Å². The van der Waals surface area contributed by atoms with Crippen LogP contribution in [0.25, 0.3) is 0 Å². The lowest BCUT2D eigenvalue weighted by Gasteiger charge is -2.15. The van der Waals surface area contributed by atoms with Crippen molar-refractivity contribution in [2.45, 2.75) is 123 Å². The molecule has 0 aromatic carbocycles. The smallest absolute Gasteiger partial charge is 0.306 e. The Kier molecular flexibility index (Phi) is 33.3. The summed E-state index contributed by atoms with van der Waals surface area (Å²) in [6.07, 6.45) is 51.5. The maximum atomic E-state index is 12.1. The molecule has 1 atom stereocenters. The highest BCUT2D eigenvalue weighted by Gasteiger charge is 2.15. The van der Waals surface area contributed by atoms with Crippen molar-refractivity contribution < 1.29 is 24.2 Å². The Hall–Kier alpha value is -3.44. The zero-order valence-electron chi connectivity index (χ0n) is 28.8. The van der Waals surface area contributed by atoms with E-state index in [1.54, 1.807) is 0 Å². The van der Waals surface area contributed by atoms with E-state index in [2.05, 4.69) is 123 Å². The van der Waals surface area contributed by atoms with Gasteiger partial charge >= 0.3 is 11.9 Å². The molecule has 0 aromatic heterocycles. The van der Waals surface area contributed by atoms with Gasteiger partial charge in [-0.1, -0.05) is 123 Å². The van der Waals surface area contributed by atoms with Crippen LogP contribution in [0.1, 0.15) is 117 Å². The molecule has 0 rings (SSSR count). The summed E-state index contributed by atoms with van der Waals surface area (Å²) in [5.41, 5.74) is 0. The molecule has 1 N–H and O–H groups in total. The lowest BCUT2D eigenvalue weighted by molar-refractivity contribution is -0.161. The number of unbranched alkanes of at least 4 members (excludes halogenated alkanes) is 3. The molecule has 0 aliphatic carbocycles. The minimum absolute atomic E-state index is 0.120. The van der Waals surface area contributed by atoms with E-state index < -0.39 is 6.10 Å². The van der Waals surface area contributed by atoms with Crippen molar-refractivity contribution in [2.24, 2.45) is 0 Å². The molecule has 5 heteroatoms. The topological polar surface area (TPSA) is 72.8 Å². The quantitative estimate of drug-likeness (QED) is 0.0503. The largest absolute Gasteiger partial charge is 0.462 e. The van der Waals surface area contributed by atoms with Gasteiger partial charge in [-0.15, -0.1) is 0 Å². The number of allylic oxidation sites excluding steroid dienone is 18. The molecule has 0 saturated heterocycles. The summed E-state index contributed by atoms with van der Waals surface area (Å²) in [5, 5.41) is 9.51. The zero-order chi connectivity index (χ0) is 33.6. The van der Waals surface area contributed by atoms with Gasteiger partial charge < -0.3 is 14.6 Å². The molecule has 256 valence electrons. The minimum atomic E-state index is -0.822. The van der Waals surface area contributed by atoms with Crippen molar-refractivity contribution in [2.75, 3.05) is 13.2 Å². The first kappa shape index (κ1) is 42.6. The number of carbonyl (C=O) groups is 2. The van der Waals surface area contributed by atoms with Crippen molar-refractivity contribution in [3.63, 3.8) is 0 Å². The number of ether oxygens (including phenoxy) is 2. The van der Waals surface area contributed by atoms with Crippen LogP contribution in [0.3, 0.4) is 0 Å². The van der Waals surface area contributed by atoms with E-state index in [9.17, 15) is 14.7 Å². The number of carbonyl (C=O) groups excluding carboxylic acids is 2. The number of hydrogen-bond donors (Lipinski definition) is 1. The molecule has 5 nitrogen and oxygen atoms in total. The molecular formula is C41H62O5. The summed E-state index contributed by atoms with van der Waals surface area (Å²) in [7, 11) is 0. The van der Waals surface area contributed by atoms with Crippen LogP contribution in [-0.4, -0.2) is 36.4 Å². The molecule has 0 amide bonds. The van der Waals surface area contributed by atoms with E-state index in [0.717, 1.165) is 77.0 Å². The van der Waals surface area contributed by atoms with Crippen LogP contribution in [-0.2, 0) is 19.1 Å². The van der Waals surface area contributed by atoms with Crippen LogP contribution < -0.4 is 0 Å². The molecule has 0 spiro atoms. The number of aliphatic hydroxyl groups is 1. The predicted octanol–water partition coefficient (Wildman–Crippen LogP) is 10.7. The van der Waals surface area contributed by atoms with E-state index in [0.29, 0.717) is 12.8 Å². The Bertz CT molecular complexity index is 990. The second kappa shape index (κ2) is 36.0. The third kappa shape index (κ3) is 33.5. The Morgan fingerprint density at radius 2 is 0.870 bits per heavy atom. The Morgan fingerprint density at radius 1 is 0.500 bits per heavy atom. The van der Waals surface area contributed by atoms with Crippen molar-refractivity contribution in [1.82, 2.24) is 0 Å². The number of hydrogen-bond acceptors (Lipinski definition) is 5. The van der Waals surface area contributed by atoms with Gasteiger partial charge in [0.2, 0.25) is 0 Å². The van der Waals surface area contributed by atoms with Crippen LogP contribution >= 0.6 is 0 Å².